The molecule has 1 fully saturated rings. The van der Waals surface area contributed by atoms with Gasteiger partial charge in [-0.3, -0.25) is 4.79 Å². The zero-order valence-electron chi connectivity index (χ0n) is 11.6. The molecule has 21 heavy (non-hydrogen) atoms. The van der Waals surface area contributed by atoms with Crippen LogP contribution in [0.15, 0.2) is 30.5 Å². The van der Waals surface area contributed by atoms with Crippen molar-refractivity contribution in [3.05, 3.63) is 47.5 Å². The molecule has 0 aliphatic carbocycles. The zero-order chi connectivity index (χ0) is 14.8. The van der Waals surface area contributed by atoms with E-state index in [1.54, 1.807) is 45.7 Å². The molecular weight excluding hydrogens is 291 g/mol. The van der Waals surface area contributed by atoms with Crippen LogP contribution in [0.1, 0.15) is 23.6 Å². The number of carbonyl (C=O) groups excluding carboxylic acids is 1. The van der Waals surface area contributed by atoms with Crippen molar-refractivity contribution in [3.63, 3.8) is 0 Å². The van der Waals surface area contributed by atoms with Crippen molar-refractivity contribution in [2.45, 2.75) is 18.8 Å². The third-order valence-electron chi connectivity index (χ3n) is 3.41. The lowest BCUT2D eigenvalue weighted by Crippen LogP contribution is -2.27. The maximum absolute atomic E-state index is 13.6. The highest BCUT2D eigenvalue weighted by molar-refractivity contribution is 8.00. The highest BCUT2D eigenvalue weighted by Crippen LogP contribution is 2.37. The fourth-order valence-electron chi connectivity index (χ4n) is 2.35. The van der Waals surface area contributed by atoms with Crippen LogP contribution in [0.4, 0.5) is 4.39 Å². The molecule has 2 aromatic rings. The van der Waals surface area contributed by atoms with Gasteiger partial charge in [-0.05, 0) is 13.0 Å². The summed E-state index contributed by atoms with van der Waals surface area (Å²) in [6.07, 6.45) is 1.78. The van der Waals surface area contributed by atoms with Gasteiger partial charge < -0.3 is 4.90 Å². The number of thioether (sulfide) groups is 1. The molecule has 1 saturated heterocycles. The minimum atomic E-state index is -0.254. The van der Waals surface area contributed by atoms with E-state index in [1.807, 2.05) is 6.92 Å². The second-order valence-electron chi connectivity index (χ2n) is 4.78. The van der Waals surface area contributed by atoms with Crippen LogP contribution >= 0.6 is 11.8 Å². The summed E-state index contributed by atoms with van der Waals surface area (Å²) in [6, 6.07) is 6.60. The standard InChI is InChI=1S/C14H15FN4OS/c1-2-19-13(20)9-21-14(19)12-8-18(17-16-12)7-10-5-3-4-6-11(10)15/h3-6,8,14H,2,7,9H2,1H3/t14-/m1/s1. The molecule has 7 heteroatoms. The van der Waals surface area contributed by atoms with Crippen LogP contribution in [0.5, 0.6) is 0 Å². The third kappa shape index (κ3) is 2.78. The molecule has 110 valence electrons. The summed E-state index contributed by atoms with van der Waals surface area (Å²) < 4.78 is 15.2. The Morgan fingerprint density at radius 2 is 2.24 bits per heavy atom. The smallest absolute Gasteiger partial charge is 0.233 e. The predicted molar refractivity (Wildman–Crippen MR) is 78.1 cm³/mol. The maximum atomic E-state index is 13.6. The molecule has 1 aromatic carbocycles. The lowest BCUT2D eigenvalue weighted by Gasteiger charge is -2.19. The van der Waals surface area contributed by atoms with Crippen LogP contribution in [-0.2, 0) is 11.3 Å². The van der Waals surface area contributed by atoms with E-state index in [2.05, 4.69) is 10.3 Å². The number of nitrogens with zero attached hydrogens (tertiary/aromatic N) is 4. The van der Waals surface area contributed by atoms with E-state index >= 15 is 0 Å². The number of amides is 1. The van der Waals surface area contributed by atoms with Crippen LogP contribution in [0.2, 0.25) is 0 Å². The average molecular weight is 306 g/mol. The largest absolute Gasteiger partial charge is 0.324 e. The summed E-state index contributed by atoms with van der Waals surface area (Å²) >= 11 is 1.55. The molecule has 0 bridgehead atoms. The normalized spacial score (nSPS) is 18.5. The Kier molecular flexibility index (Phi) is 3.92. The monoisotopic (exact) mass is 306 g/mol. The van der Waals surface area contributed by atoms with Crippen molar-refractivity contribution in [3.8, 4) is 0 Å². The number of hydrogen-bond donors (Lipinski definition) is 0. The summed E-state index contributed by atoms with van der Waals surface area (Å²) in [5.41, 5.74) is 1.31. The first-order valence-corrected chi connectivity index (χ1v) is 7.78. The van der Waals surface area contributed by atoms with E-state index in [0.717, 1.165) is 5.69 Å². The summed E-state index contributed by atoms with van der Waals surface area (Å²) in [7, 11) is 0. The van der Waals surface area contributed by atoms with Gasteiger partial charge in [0, 0.05) is 12.1 Å². The summed E-state index contributed by atoms with van der Waals surface area (Å²) in [5, 5.41) is 8.09. The number of aromatic nitrogens is 3. The molecule has 1 aromatic heterocycles. The van der Waals surface area contributed by atoms with E-state index < -0.39 is 0 Å². The second kappa shape index (κ2) is 5.85. The van der Waals surface area contributed by atoms with Gasteiger partial charge >= 0.3 is 0 Å². The fraction of sp³-hybridized carbons (Fsp3) is 0.357. The summed E-state index contributed by atoms with van der Waals surface area (Å²) in [6.45, 7) is 2.92. The molecule has 0 N–H and O–H groups in total. The molecular formula is C14H15FN4OS. The number of carbonyl (C=O) groups is 1. The van der Waals surface area contributed by atoms with E-state index in [1.165, 1.54) is 6.07 Å². The Morgan fingerprint density at radius 1 is 1.43 bits per heavy atom. The van der Waals surface area contributed by atoms with E-state index in [-0.39, 0.29) is 17.1 Å². The minimum Gasteiger partial charge on any atom is -0.324 e. The minimum absolute atomic E-state index is 0.0862. The van der Waals surface area contributed by atoms with Gasteiger partial charge in [-0.2, -0.15) is 0 Å². The van der Waals surface area contributed by atoms with E-state index in [0.29, 0.717) is 24.4 Å². The van der Waals surface area contributed by atoms with Gasteiger partial charge in [-0.1, -0.05) is 23.4 Å². The van der Waals surface area contributed by atoms with Gasteiger partial charge in [-0.15, -0.1) is 16.9 Å². The molecule has 0 saturated carbocycles. The summed E-state index contributed by atoms with van der Waals surface area (Å²) in [4.78, 5) is 13.5. The average Bonchev–Trinajstić information content (AvgIpc) is 3.07. The Labute approximate surface area is 126 Å². The first-order chi connectivity index (χ1) is 10.2. The van der Waals surface area contributed by atoms with Gasteiger partial charge in [0.1, 0.15) is 16.9 Å². The molecule has 1 aliphatic rings. The van der Waals surface area contributed by atoms with Crippen LogP contribution in [-0.4, -0.2) is 38.1 Å². The molecule has 2 heterocycles. The van der Waals surface area contributed by atoms with Crippen molar-refractivity contribution in [1.82, 2.24) is 19.9 Å². The first kappa shape index (κ1) is 14.1. The van der Waals surface area contributed by atoms with Gasteiger partial charge in [0.15, 0.2) is 0 Å². The predicted octanol–water partition coefficient (Wildman–Crippen LogP) is 2.06. The Bertz CT molecular complexity index is 660. The van der Waals surface area contributed by atoms with Crippen molar-refractivity contribution in [2.24, 2.45) is 0 Å². The van der Waals surface area contributed by atoms with E-state index in [4.69, 9.17) is 0 Å². The van der Waals surface area contributed by atoms with Crippen molar-refractivity contribution < 1.29 is 9.18 Å². The van der Waals surface area contributed by atoms with Crippen LogP contribution in [0.25, 0.3) is 0 Å². The van der Waals surface area contributed by atoms with Crippen molar-refractivity contribution >= 4 is 17.7 Å². The topological polar surface area (TPSA) is 51.0 Å². The molecule has 0 spiro atoms. The summed E-state index contributed by atoms with van der Waals surface area (Å²) in [5.74, 6) is 0.338. The van der Waals surface area contributed by atoms with Crippen LogP contribution in [0, 0.1) is 5.82 Å². The van der Waals surface area contributed by atoms with Gasteiger partial charge in [0.25, 0.3) is 0 Å². The quantitative estimate of drug-likeness (QED) is 0.867. The Morgan fingerprint density at radius 3 is 3.00 bits per heavy atom. The lowest BCUT2D eigenvalue weighted by molar-refractivity contribution is -0.127. The lowest BCUT2D eigenvalue weighted by atomic mass is 10.2. The van der Waals surface area contributed by atoms with Gasteiger partial charge in [0.2, 0.25) is 5.91 Å². The Balaban J connectivity index is 1.78. The third-order valence-corrected chi connectivity index (χ3v) is 4.63. The highest BCUT2D eigenvalue weighted by Gasteiger charge is 2.33. The number of rotatable bonds is 4. The van der Waals surface area contributed by atoms with Crippen molar-refractivity contribution in [1.29, 1.82) is 0 Å². The molecule has 0 unspecified atom stereocenters. The first-order valence-electron chi connectivity index (χ1n) is 6.73. The molecule has 5 nitrogen and oxygen atoms in total. The fourth-order valence-corrected chi connectivity index (χ4v) is 3.54. The number of benzene rings is 1. The molecule has 1 amide bonds. The van der Waals surface area contributed by atoms with E-state index in [9.17, 15) is 9.18 Å². The molecule has 3 rings (SSSR count). The molecule has 0 radical (unpaired) electrons. The SMILES string of the molecule is CCN1C(=O)CS[C@@H]1c1cn(Cc2ccccc2F)nn1. The van der Waals surface area contributed by atoms with Crippen LogP contribution in [0.3, 0.4) is 0 Å². The highest BCUT2D eigenvalue weighted by atomic mass is 32.2. The maximum Gasteiger partial charge on any atom is 0.233 e. The van der Waals surface area contributed by atoms with Crippen molar-refractivity contribution in [2.75, 3.05) is 12.3 Å². The number of hydrogen-bond acceptors (Lipinski definition) is 4. The molecule has 1 aliphatic heterocycles. The molecule has 1 atom stereocenters. The van der Waals surface area contributed by atoms with Gasteiger partial charge in [0.05, 0.1) is 18.5 Å². The van der Waals surface area contributed by atoms with Gasteiger partial charge in [-0.25, -0.2) is 9.07 Å². The Hall–Kier alpha value is -1.89. The second-order valence-corrected chi connectivity index (χ2v) is 5.84. The zero-order valence-corrected chi connectivity index (χ0v) is 12.4. The van der Waals surface area contributed by atoms with Crippen LogP contribution < -0.4 is 0 Å². The number of halogens is 1.